The molecule has 0 spiro atoms. The van der Waals surface area contributed by atoms with Crippen LogP contribution in [0.3, 0.4) is 0 Å². The summed E-state index contributed by atoms with van der Waals surface area (Å²) in [5, 5.41) is 0. The van der Waals surface area contributed by atoms with Gasteiger partial charge in [-0.15, -0.1) is 0 Å². The van der Waals surface area contributed by atoms with E-state index in [0.29, 0.717) is 6.42 Å². The van der Waals surface area contributed by atoms with Crippen molar-refractivity contribution in [3.63, 3.8) is 0 Å². The van der Waals surface area contributed by atoms with Gasteiger partial charge in [-0.25, -0.2) is 0 Å². The SMILES string of the molecule is CN(C)c1cccc(C2CCCN2C(=O)Cc2ccc(N)cc2)c1. The predicted molar refractivity (Wildman–Crippen MR) is 99.0 cm³/mol. The van der Waals surface area contributed by atoms with Crippen LogP contribution >= 0.6 is 0 Å². The smallest absolute Gasteiger partial charge is 0.227 e. The van der Waals surface area contributed by atoms with E-state index in [-0.39, 0.29) is 11.9 Å². The lowest BCUT2D eigenvalue weighted by atomic mass is 10.0. The van der Waals surface area contributed by atoms with Gasteiger partial charge in [-0.05, 0) is 48.2 Å². The average molecular weight is 323 g/mol. The molecule has 24 heavy (non-hydrogen) atoms. The van der Waals surface area contributed by atoms with Crippen LogP contribution in [0.1, 0.15) is 30.0 Å². The molecule has 4 nitrogen and oxygen atoms in total. The molecule has 1 amide bonds. The first-order valence-corrected chi connectivity index (χ1v) is 8.46. The van der Waals surface area contributed by atoms with Crippen molar-refractivity contribution in [1.82, 2.24) is 4.90 Å². The normalized spacial score (nSPS) is 17.1. The Balaban J connectivity index is 1.76. The fourth-order valence-corrected chi connectivity index (χ4v) is 3.33. The molecule has 1 saturated heterocycles. The van der Waals surface area contributed by atoms with Gasteiger partial charge in [-0.2, -0.15) is 0 Å². The molecule has 1 heterocycles. The number of nitrogens with two attached hydrogens (primary N) is 1. The van der Waals surface area contributed by atoms with E-state index in [1.54, 1.807) is 0 Å². The van der Waals surface area contributed by atoms with Gasteiger partial charge in [0.25, 0.3) is 0 Å². The highest BCUT2D eigenvalue weighted by Gasteiger charge is 2.29. The molecule has 1 atom stereocenters. The van der Waals surface area contributed by atoms with Crippen LogP contribution in [0.15, 0.2) is 48.5 Å². The summed E-state index contributed by atoms with van der Waals surface area (Å²) in [6.07, 6.45) is 2.53. The number of likely N-dealkylation sites (tertiary alicyclic amines) is 1. The van der Waals surface area contributed by atoms with Crippen LogP contribution in [0.2, 0.25) is 0 Å². The van der Waals surface area contributed by atoms with Gasteiger partial charge in [0.1, 0.15) is 0 Å². The molecule has 0 saturated carbocycles. The zero-order valence-electron chi connectivity index (χ0n) is 14.4. The number of carbonyl (C=O) groups is 1. The molecule has 3 rings (SSSR count). The van der Waals surface area contributed by atoms with Crippen molar-refractivity contribution in [2.75, 3.05) is 31.3 Å². The molecule has 0 radical (unpaired) electrons. The van der Waals surface area contributed by atoms with Gasteiger partial charge < -0.3 is 15.5 Å². The summed E-state index contributed by atoms with van der Waals surface area (Å²) in [7, 11) is 4.08. The lowest BCUT2D eigenvalue weighted by Gasteiger charge is -2.26. The molecule has 1 aliphatic rings. The first-order chi connectivity index (χ1) is 11.5. The summed E-state index contributed by atoms with van der Waals surface area (Å²) in [5.74, 6) is 0.192. The number of benzene rings is 2. The molecule has 1 fully saturated rings. The van der Waals surface area contributed by atoms with Gasteiger partial charge >= 0.3 is 0 Å². The monoisotopic (exact) mass is 323 g/mol. The first-order valence-electron chi connectivity index (χ1n) is 8.46. The second kappa shape index (κ2) is 6.95. The van der Waals surface area contributed by atoms with Crippen LogP contribution in [-0.2, 0) is 11.2 Å². The number of carbonyl (C=O) groups excluding carboxylic acids is 1. The first kappa shape index (κ1) is 16.4. The molecule has 2 aromatic carbocycles. The van der Waals surface area contributed by atoms with Crippen LogP contribution in [0.4, 0.5) is 11.4 Å². The Hall–Kier alpha value is -2.49. The number of rotatable bonds is 4. The minimum absolute atomic E-state index is 0.186. The number of nitrogens with zero attached hydrogens (tertiary/aromatic N) is 2. The molecule has 1 aliphatic heterocycles. The Morgan fingerprint density at radius 1 is 1.21 bits per heavy atom. The van der Waals surface area contributed by atoms with Crippen molar-refractivity contribution in [3.8, 4) is 0 Å². The number of hydrogen-bond donors (Lipinski definition) is 1. The molecule has 0 aliphatic carbocycles. The third kappa shape index (κ3) is 3.53. The summed E-state index contributed by atoms with van der Waals surface area (Å²) in [5.41, 5.74) is 9.86. The largest absolute Gasteiger partial charge is 0.399 e. The number of anilines is 2. The second-order valence-electron chi connectivity index (χ2n) is 6.65. The van der Waals surface area contributed by atoms with Gasteiger partial charge in [-0.3, -0.25) is 4.79 Å². The molecule has 4 heteroatoms. The Kier molecular flexibility index (Phi) is 4.74. The van der Waals surface area contributed by atoms with E-state index in [0.717, 1.165) is 30.6 Å². The molecule has 1 unspecified atom stereocenters. The minimum Gasteiger partial charge on any atom is -0.399 e. The highest BCUT2D eigenvalue weighted by molar-refractivity contribution is 5.79. The molecular weight excluding hydrogens is 298 g/mol. The lowest BCUT2D eigenvalue weighted by Crippen LogP contribution is -2.31. The van der Waals surface area contributed by atoms with E-state index in [1.807, 2.05) is 43.3 Å². The molecule has 0 aromatic heterocycles. The summed E-state index contributed by atoms with van der Waals surface area (Å²) in [6, 6.07) is 16.3. The van der Waals surface area contributed by atoms with E-state index < -0.39 is 0 Å². The minimum atomic E-state index is 0.186. The van der Waals surface area contributed by atoms with E-state index in [2.05, 4.69) is 29.2 Å². The molecule has 126 valence electrons. The van der Waals surface area contributed by atoms with Crippen molar-refractivity contribution in [1.29, 1.82) is 0 Å². The topological polar surface area (TPSA) is 49.6 Å². The molecular formula is C20H25N3O. The quantitative estimate of drug-likeness (QED) is 0.879. The van der Waals surface area contributed by atoms with Crippen molar-refractivity contribution >= 4 is 17.3 Å². The van der Waals surface area contributed by atoms with Gasteiger partial charge in [-0.1, -0.05) is 24.3 Å². The fourth-order valence-electron chi connectivity index (χ4n) is 3.33. The Labute approximate surface area is 143 Å². The summed E-state index contributed by atoms with van der Waals surface area (Å²) >= 11 is 0. The molecule has 0 bridgehead atoms. The second-order valence-corrected chi connectivity index (χ2v) is 6.65. The summed E-state index contributed by atoms with van der Waals surface area (Å²) in [4.78, 5) is 16.9. The van der Waals surface area contributed by atoms with E-state index in [1.165, 1.54) is 11.3 Å². The maximum absolute atomic E-state index is 12.8. The van der Waals surface area contributed by atoms with E-state index in [4.69, 9.17) is 5.73 Å². The molecule has 2 N–H and O–H groups in total. The lowest BCUT2D eigenvalue weighted by molar-refractivity contribution is -0.131. The van der Waals surface area contributed by atoms with Crippen molar-refractivity contribution in [3.05, 3.63) is 59.7 Å². The van der Waals surface area contributed by atoms with Crippen molar-refractivity contribution < 1.29 is 4.79 Å². The van der Waals surface area contributed by atoms with Gasteiger partial charge in [0, 0.05) is 32.0 Å². The molecule has 2 aromatic rings. The Morgan fingerprint density at radius 3 is 2.67 bits per heavy atom. The highest BCUT2D eigenvalue weighted by atomic mass is 16.2. The number of hydrogen-bond acceptors (Lipinski definition) is 3. The van der Waals surface area contributed by atoms with Crippen molar-refractivity contribution in [2.24, 2.45) is 0 Å². The van der Waals surface area contributed by atoms with Crippen molar-refractivity contribution in [2.45, 2.75) is 25.3 Å². The van der Waals surface area contributed by atoms with E-state index in [9.17, 15) is 4.79 Å². The van der Waals surface area contributed by atoms with Crippen LogP contribution in [-0.4, -0.2) is 31.4 Å². The van der Waals surface area contributed by atoms with Crippen LogP contribution < -0.4 is 10.6 Å². The van der Waals surface area contributed by atoms with Gasteiger partial charge in [0.2, 0.25) is 5.91 Å². The maximum Gasteiger partial charge on any atom is 0.227 e. The van der Waals surface area contributed by atoms with Crippen LogP contribution in [0, 0.1) is 0 Å². The number of amides is 1. The Bertz CT molecular complexity index is 709. The summed E-state index contributed by atoms with van der Waals surface area (Å²) < 4.78 is 0. The zero-order valence-corrected chi connectivity index (χ0v) is 14.4. The fraction of sp³-hybridized carbons (Fsp3) is 0.350. The van der Waals surface area contributed by atoms with Gasteiger partial charge in [0.15, 0.2) is 0 Å². The van der Waals surface area contributed by atoms with Gasteiger partial charge in [0.05, 0.1) is 12.5 Å². The maximum atomic E-state index is 12.8. The highest BCUT2D eigenvalue weighted by Crippen LogP contribution is 2.33. The third-order valence-electron chi connectivity index (χ3n) is 4.68. The Morgan fingerprint density at radius 2 is 1.96 bits per heavy atom. The van der Waals surface area contributed by atoms with Crippen LogP contribution in [0.5, 0.6) is 0 Å². The standard InChI is InChI=1S/C20H25N3O/c1-22(2)18-6-3-5-16(14-18)19-7-4-12-23(19)20(24)13-15-8-10-17(21)11-9-15/h3,5-6,8-11,14,19H,4,7,12-13,21H2,1-2H3. The summed E-state index contributed by atoms with van der Waals surface area (Å²) in [6.45, 7) is 0.838. The average Bonchev–Trinajstić information content (AvgIpc) is 3.07. The predicted octanol–water partition coefficient (Wildman–Crippen LogP) is 3.24. The third-order valence-corrected chi connectivity index (χ3v) is 4.68. The van der Waals surface area contributed by atoms with E-state index >= 15 is 0 Å². The zero-order chi connectivity index (χ0) is 17.1. The number of nitrogen functional groups attached to an aromatic ring is 1. The van der Waals surface area contributed by atoms with Crippen LogP contribution in [0.25, 0.3) is 0 Å².